The van der Waals surface area contributed by atoms with Gasteiger partial charge in [0, 0.05) is 11.3 Å². The predicted molar refractivity (Wildman–Crippen MR) is 89.3 cm³/mol. The molecular weight excluding hydrogens is 298 g/mol. The molecule has 1 N–H and O–H groups in total. The molecule has 0 aliphatic carbocycles. The van der Waals surface area contributed by atoms with Crippen LogP contribution in [0.25, 0.3) is 6.08 Å². The summed E-state index contributed by atoms with van der Waals surface area (Å²) in [6.07, 6.45) is 3.25. The van der Waals surface area contributed by atoms with Crippen LogP contribution in [0.2, 0.25) is 0 Å². The van der Waals surface area contributed by atoms with Crippen LogP contribution in [0.15, 0.2) is 60.7 Å². The van der Waals surface area contributed by atoms with Crippen LogP contribution < -0.4 is 4.72 Å². The average Bonchev–Trinajstić information content (AvgIpc) is 2.54. The highest BCUT2D eigenvalue weighted by Crippen LogP contribution is 2.13. The lowest BCUT2D eigenvalue weighted by molar-refractivity contribution is 0.104. The molecule has 5 heteroatoms. The van der Waals surface area contributed by atoms with E-state index in [0.717, 1.165) is 5.56 Å². The number of benzene rings is 2. The Morgan fingerprint density at radius 3 is 2.27 bits per heavy atom. The van der Waals surface area contributed by atoms with Crippen molar-refractivity contribution in [3.63, 3.8) is 0 Å². The van der Waals surface area contributed by atoms with E-state index in [1.54, 1.807) is 37.3 Å². The van der Waals surface area contributed by atoms with Crippen LogP contribution in [0.5, 0.6) is 0 Å². The molecular formula is C17H17NO3S. The maximum Gasteiger partial charge on any atom is 0.232 e. The van der Waals surface area contributed by atoms with Gasteiger partial charge >= 0.3 is 0 Å². The Morgan fingerprint density at radius 1 is 1.05 bits per heavy atom. The second-order valence-electron chi connectivity index (χ2n) is 4.69. The van der Waals surface area contributed by atoms with Crippen LogP contribution in [-0.2, 0) is 10.0 Å². The van der Waals surface area contributed by atoms with Gasteiger partial charge in [-0.25, -0.2) is 8.42 Å². The van der Waals surface area contributed by atoms with Gasteiger partial charge in [0.2, 0.25) is 10.0 Å². The second-order valence-corrected chi connectivity index (χ2v) is 6.70. The topological polar surface area (TPSA) is 63.2 Å². The molecule has 2 aromatic rings. The Morgan fingerprint density at radius 2 is 1.68 bits per heavy atom. The van der Waals surface area contributed by atoms with Gasteiger partial charge in [-0.1, -0.05) is 36.4 Å². The molecule has 0 aromatic heterocycles. The van der Waals surface area contributed by atoms with Crippen molar-refractivity contribution >= 4 is 27.6 Å². The number of hydrogen-bond donors (Lipinski definition) is 1. The molecule has 2 rings (SSSR count). The van der Waals surface area contributed by atoms with Crippen molar-refractivity contribution in [1.29, 1.82) is 0 Å². The van der Waals surface area contributed by atoms with Crippen LogP contribution in [0.3, 0.4) is 0 Å². The highest BCUT2D eigenvalue weighted by Gasteiger charge is 2.07. The van der Waals surface area contributed by atoms with Gasteiger partial charge in [0.25, 0.3) is 0 Å². The van der Waals surface area contributed by atoms with Gasteiger partial charge in [0.1, 0.15) is 0 Å². The van der Waals surface area contributed by atoms with Crippen molar-refractivity contribution in [1.82, 2.24) is 0 Å². The second kappa shape index (κ2) is 7.04. The minimum atomic E-state index is -3.30. The van der Waals surface area contributed by atoms with E-state index in [2.05, 4.69) is 4.72 Å². The van der Waals surface area contributed by atoms with Crippen LogP contribution in [0, 0.1) is 0 Å². The quantitative estimate of drug-likeness (QED) is 0.657. The molecule has 0 spiro atoms. The molecule has 0 atom stereocenters. The van der Waals surface area contributed by atoms with Crippen LogP contribution >= 0.6 is 0 Å². The molecule has 0 aliphatic heterocycles. The molecule has 0 heterocycles. The number of carbonyl (C=O) groups is 1. The summed E-state index contributed by atoms with van der Waals surface area (Å²) < 4.78 is 25.4. The van der Waals surface area contributed by atoms with Crippen molar-refractivity contribution in [2.45, 2.75) is 6.92 Å². The lowest BCUT2D eigenvalue weighted by atomic mass is 10.1. The molecule has 22 heavy (non-hydrogen) atoms. The smallest absolute Gasteiger partial charge is 0.232 e. The summed E-state index contributed by atoms with van der Waals surface area (Å²) in [7, 11) is -3.30. The number of carbonyl (C=O) groups excluding carboxylic acids is 1. The van der Waals surface area contributed by atoms with Crippen LogP contribution in [-0.4, -0.2) is 20.0 Å². The highest BCUT2D eigenvalue weighted by atomic mass is 32.2. The van der Waals surface area contributed by atoms with E-state index >= 15 is 0 Å². The van der Waals surface area contributed by atoms with Gasteiger partial charge in [-0.2, -0.15) is 0 Å². The first-order valence-corrected chi connectivity index (χ1v) is 8.53. The number of nitrogens with one attached hydrogen (secondary N) is 1. The summed E-state index contributed by atoms with van der Waals surface area (Å²) in [5.41, 5.74) is 1.90. The normalized spacial score (nSPS) is 11.5. The van der Waals surface area contributed by atoms with Gasteiger partial charge in [-0.05, 0) is 42.8 Å². The van der Waals surface area contributed by atoms with E-state index in [0.29, 0.717) is 11.3 Å². The Labute approximate surface area is 130 Å². The standard InChI is InChI=1S/C17H17NO3S/c1-2-22(20,21)18-16-11-9-15(10-12-16)17(19)13-8-14-6-4-3-5-7-14/h3-13,18H,2H2,1H3/b13-8+. The van der Waals surface area contributed by atoms with E-state index < -0.39 is 10.0 Å². The maximum absolute atomic E-state index is 12.0. The summed E-state index contributed by atoms with van der Waals surface area (Å²) >= 11 is 0. The molecule has 0 saturated carbocycles. The molecule has 0 fully saturated rings. The number of anilines is 1. The predicted octanol–water partition coefficient (Wildman–Crippen LogP) is 3.34. The number of rotatable bonds is 6. The zero-order valence-electron chi connectivity index (χ0n) is 12.2. The molecule has 4 nitrogen and oxygen atoms in total. The summed E-state index contributed by atoms with van der Waals surface area (Å²) in [5, 5.41) is 0. The summed E-state index contributed by atoms with van der Waals surface area (Å²) in [6, 6.07) is 15.9. The third-order valence-electron chi connectivity index (χ3n) is 3.05. The first kappa shape index (κ1) is 16.0. The number of hydrogen-bond acceptors (Lipinski definition) is 3. The molecule has 114 valence electrons. The average molecular weight is 315 g/mol. The molecule has 0 radical (unpaired) electrons. The van der Waals surface area contributed by atoms with Crippen molar-refractivity contribution in [3.05, 3.63) is 71.8 Å². The zero-order chi connectivity index (χ0) is 16.0. The van der Waals surface area contributed by atoms with E-state index in [-0.39, 0.29) is 11.5 Å². The van der Waals surface area contributed by atoms with E-state index in [1.165, 1.54) is 6.08 Å². The number of ketones is 1. The largest absolute Gasteiger partial charge is 0.289 e. The van der Waals surface area contributed by atoms with Crippen molar-refractivity contribution in [3.8, 4) is 0 Å². The SMILES string of the molecule is CCS(=O)(=O)Nc1ccc(C(=O)/C=C/c2ccccc2)cc1. The Bertz CT molecular complexity index is 763. The fraction of sp³-hybridized carbons (Fsp3) is 0.118. The summed E-state index contributed by atoms with van der Waals surface area (Å²) in [5.74, 6) is -0.123. The molecule has 0 aliphatic rings. The summed E-state index contributed by atoms with van der Waals surface area (Å²) in [4.78, 5) is 12.0. The molecule has 0 saturated heterocycles. The first-order valence-electron chi connectivity index (χ1n) is 6.88. The minimum absolute atomic E-state index is 0.00744. The third-order valence-corrected chi connectivity index (χ3v) is 4.36. The van der Waals surface area contributed by atoms with Gasteiger partial charge in [-0.15, -0.1) is 0 Å². The molecule has 0 bridgehead atoms. The first-order chi connectivity index (χ1) is 10.5. The molecule has 0 amide bonds. The van der Waals surface area contributed by atoms with E-state index in [4.69, 9.17) is 0 Å². The lowest BCUT2D eigenvalue weighted by Gasteiger charge is -2.06. The zero-order valence-corrected chi connectivity index (χ0v) is 13.0. The highest BCUT2D eigenvalue weighted by molar-refractivity contribution is 7.92. The number of allylic oxidation sites excluding steroid dienone is 1. The van der Waals surface area contributed by atoms with E-state index in [9.17, 15) is 13.2 Å². The lowest BCUT2D eigenvalue weighted by Crippen LogP contribution is -2.14. The van der Waals surface area contributed by atoms with Gasteiger partial charge in [-0.3, -0.25) is 9.52 Å². The van der Waals surface area contributed by atoms with E-state index in [1.807, 2.05) is 30.3 Å². The number of sulfonamides is 1. The van der Waals surface area contributed by atoms with Crippen LogP contribution in [0.1, 0.15) is 22.8 Å². The minimum Gasteiger partial charge on any atom is -0.289 e. The van der Waals surface area contributed by atoms with Crippen molar-refractivity contribution in [2.75, 3.05) is 10.5 Å². The maximum atomic E-state index is 12.0. The Hall–Kier alpha value is -2.40. The van der Waals surface area contributed by atoms with Gasteiger partial charge in [0.05, 0.1) is 5.75 Å². The Kier molecular flexibility index (Phi) is 5.12. The Balaban J connectivity index is 2.07. The fourth-order valence-corrected chi connectivity index (χ4v) is 2.43. The fourth-order valence-electron chi connectivity index (χ4n) is 1.79. The monoisotopic (exact) mass is 315 g/mol. The molecule has 0 unspecified atom stereocenters. The van der Waals surface area contributed by atoms with Gasteiger partial charge in [0.15, 0.2) is 5.78 Å². The van der Waals surface area contributed by atoms with Crippen molar-refractivity contribution in [2.24, 2.45) is 0 Å². The van der Waals surface area contributed by atoms with Gasteiger partial charge < -0.3 is 0 Å². The van der Waals surface area contributed by atoms with Crippen LogP contribution in [0.4, 0.5) is 5.69 Å². The molecule has 2 aromatic carbocycles. The summed E-state index contributed by atoms with van der Waals surface area (Å²) in [6.45, 7) is 1.56. The third kappa shape index (κ3) is 4.56. The van der Waals surface area contributed by atoms with Crippen molar-refractivity contribution < 1.29 is 13.2 Å².